The molecule has 0 aliphatic carbocycles. The molecule has 0 bridgehead atoms. The second-order valence-electron chi connectivity index (χ2n) is 3.65. The van der Waals surface area contributed by atoms with Crippen molar-refractivity contribution in [1.82, 2.24) is 4.57 Å². The van der Waals surface area contributed by atoms with E-state index < -0.39 is 17.8 Å². The molecule has 1 unspecified atom stereocenters. The smallest absolute Gasteiger partial charge is 0.419 e. The van der Waals surface area contributed by atoms with E-state index in [1.807, 2.05) is 0 Å². The molecule has 1 heterocycles. The first kappa shape index (κ1) is 11.4. The molecule has 17 heavy (non-hydrogen) atoms. The van der Waals surface area contributed by atoms with Crippen LogP contribution in [0, 0.1) is 0 Å². The fourth-order valence-electron chi connectivity index (χ4n) is 1.61. The number of hydrogen-bond donors (Lipinski definition) is 1. The van der Waals surface area contributed by atoms with Crippen molar-refractivity contribution in [3.63, 3.8) is 0 Å². The number of ether oxygens (including phenoxy) is 1. The maximum atomic E-state index is 11.3. The number of methoxy groups -OCH3 is 1. The zero-order chi connectivity index (χ0) is 12.6. The molecule has 0 aliphatic heterocycles. The van der Waals surface area contributed by atoms with E-state index in [1.54, 1.807) is 25.2 Å². The van der Waals surface area contributed by atoms with Crippen LogP contribution in [0.2, 0.25) is 0 Å². The predicted molar refractivity (Wildman–Crippen MR) is 60.4 cm³/mol. The number of oxazole rings is 1. The molecular weight excluding hydrogens is 224 g/mol. The number of benzene rings is 1. The summed E-state index contributed by atoms with van der Waals surface area (Å²) >= 11 is 0. The van der Waals surface area contributed by atoms with Crippen molar-refractivity contribution in [3.8, 4) is 0 Å². The Labute approximate surface area is 96.6 Å². The first-order chi connectivity index (χ1) is 8.04. The lowest BCUT2D eigenvalue weighted by molar-refractivity contribution is -0.142. The molecule has 0 radical (unpaired) electrons. The largest absolute Gasteiger partial charge is 0.468 e. The number of carbonyl (C=O) groups excluding carboxylic acids is 1. The number of fused-ring (bicyclic) bond motifs is 1. The van der Waals surface area contributed by atoms with Crippen LogP contribution in [0.5, 0.6) is 0 Å². The second-order valence-corrected chi connectivity index (χ2v) is 3.65. The van der Waals surface area contributed by atoms with Gasteiger partial charge in [0.25, 0.3) is 0 Å². The van der Waals surface area contributed by atoms with Gasteiger partial charge in [-0.2, -0.15) is 0 Å². The van der Waals surface area contributed by atoms with E-state index in [2.05, 4.69) is 4.74 Å². The van der Waals surface area contributed by atoms with Crippen molar-refractivity contribution in [2.24, 2.45) is 12.8 Å². The molecule has 1 aromatic heterocycles. The molecule has 0 amide bonds. The van der Waals surface area contributed by atoms with Gasteiger partial charge in [-0.3, -0.25) is 9.36 Å². The highest BCUT2D eigenvalue weighted by molar-refractivity contribution is 5.80. The molecule has 0 saturated carbocycles. The highest BCUT2D eigenvalue weighted by atomic mass is 16.5. The molecule has 0 aliphatic rings. The quantitative estimate of drug-likeness (QED) is 0.758. The van der Waals surface area contributed by atoms with E-state index in [4.69, 9.17) is 10.2 Å². The van der Waals surface area contributed by atoms with E-state index in [-0.39, 0.29) is 0 Å². The van der Waals surface area contributed by atoms with Crippen molar-refractivity contribution in [2.45, 2.75) is 6.04 Å². The summed E-state index contributed by atoms with van der Waals surface area (Å²) in [5.74, 6) is -0.994. The van der Waals surface area contributed by atoms with E-state index in [1.165, 1.54) is 11.7 Å². The molecule has 6 nitrogen and oxygen atoms in total. The minimum absolute atomic E-state index is 0.398. The molecule has 2 N–H and O–H groups in total. The average molecular weight is 236 g/mol. The number of carbonyl (C=O) groups is 1. The Hall–Kier alpha value is -2.08. The lowest BCUT2D eigenvalue weighted by Gasteiger charge is -2.08. The van der Waals surface area contributed by atoms with Crippen LogP contribution in [0.3, 0.4) is 0 Å². The van der Waals surface area contributed by atoms with Crippen LogP contribution < -0.4 is 11.5 Å². The number of rotatable bonds is 2. The first-order valence-corrected chi connectivity index (χ1v) is 4.97. The average Bonchev–Trinajstić information content (AvgIpc) is 2.62. The van der Waals surface area contributed by atoms with E-state index in [9.17, 15) is 9.59 Å². The highest BCUT2D eigenvalue weighted by Crippen LogP contribution is 2.18. The first-order valence-electron chi connectivity index (χ1n) is 4.97. The maximum absolute atomic E-state index is 11.3. The van der Waals surface area contributed by atoms with Crippen LogP contribution in [-0.2, 0) is 16.6 Å². The topological polar surface area (TPSA) is 87.5 Å². The fourth-order valence-corrected chi connectivity index (χ4v) is 1.61. The Kier molecular flexibility index (Phi) is 2.72. The van der Waals surface area contributed by atoms with Crippen LogP contribution in [0.1, 0.15) is 11.6 Å². The Balaban J connectivity index is 2.52. The summed E-state index contributed by atoms with van der Waals surface area (Å²) in [4.78, 5) is 22.6. The summed E-state index contributed by atoms with van der Waals surface area (Å²) in [5.41, 5.74) is 7.27. The molecule has 0 fully saturated rings. The fraction of sp³-hybridized carbons (Fsp3) is 0.273. The van der Waals surface area contributed by atoms with Crippen LogP contribution in [-0.4, -0.2) is 17.6 Å². The molecule has 1 aromatic carbocycles. The summed E-state index contributed by atoms with van der Waals surface area (Å²) in [6.07, 6.45) is 0. The lowest BCUT2D eigenvalue weighted by Crippen LogP contribution is -2.22. The summed E-state index contributed by atoms with van der Waals surface area (Å²) in [5, 5.41) is 0. The number of nitrogens with two attached hydrogens (primary N) is 1. The molecule has 90 valence electrons. The van der Waals surface area contributed by atoms with Crippen molar-refractivity contribution in [1.29, 1.82) is 0 Å². The van der Waals surface area contributed by atoms with E-state index in [0.717, 1.165) is 0 Å². The van der Waals surface area contributed by atoms with Crippen LogP contribution in [0.15, 0.2) is 27.4 Å². The minimum Gasteiger partial charge on any atom is -0.468 e. The van der Waals surface area contributed by atoms with Crippen LogP contribution in [0.4, 0.5) is 0 Å². The van der Waals surface area contributed by atoms with Gasteiger partial charge < -0.3 is 14.9 Å². The molecule has 2 rings (SSSR count). The standard InChI is InChI=1S/C11H12N2O4/c1-13-7-4-3-6(9(12)10(14)16-2)5-8(7)17-11(13)15/h3-5,9H,12H2,1-2H3. The van der Waals surface area contributed by atoms with Gasteiger partial charge in [-0.25, -0.2) is 4.79 Å². The van der Waals surface area contributed by atoms with Gasteiger partial charge in [0.1, 0.15) is 6.04 Å². The van der Waals surface area contributed by atoms with Gasteiger partial charge in [0.05, 0.1) is 12.6 Å². The highest BCUT2D eigenvalue weighted by Gasteiger charge is 2.17. The Morgan fingerprint density at radius 2 is 2.24 bits per heavy atom. The Bertz CT molecular complexity index is 626. The third-order valence-corrected chi connectivity index (χ3v) is 2.63. The van der Waals surface area contributed by atoms with Gasteiger partial charge in [0, 0.05) is 7.05 Å². The molecule has 1 atom stereocenters. The summed E-state index contributed by atoms with van der Waals surface area (Å²) < 4.78 is 10.9. The molecular formula is C11H12N2O4. The van der Waals surface area contributed by atoms with Crippen molar-refractivity contribution >= 4 is 17.1 Å². The number of nitrogens with zero attached hydrogens (tertiary/aromatic N) is 1. The van der Waals surface area contributed by atoms with Crippen LogP contribution >= 0.6 is 0 Å². The lowest BCUT2D eigenvalue weighted by atomic mass is 10.1. The number of esters is 1. The van der Waals surface area contributed by atoms with Gasteiger partial charge in [-0.15, -0.1) is 0 Å². The van der Waals surface area contributed by atoms with Crippen molar-refractivity contribution in [2.75, 3.05) is 7.11 Å². The van der Waals surface area contributed by atoms with E-state index >= 15 is 0 Å². The monoisotopic (exact) mass is 236 g/mol. The third-order valence-electron chi connectivity index (χ3n) is 2.63. The van der Waals surface area contributed by atoms with Crippen molar-refractivity contribution in [3.05, 3.63) is 34.3 Å². The second kappa shape index (κ2) is 4.06. The van der Waals surface area contributed by atoms with Gasteiger partial charge in [-0.05, 0) is 17.7 Å². The van der Waals surface area contributed by atoms with Gasteiger partial charge in [0.2, 0.25) is 0 Å². The summed E-state index contributed by atoms with van der Waals surface area (Å²) in [6.45, 7) is 0. The van der Waals surface area contributed by atoms with Gasteiger partial charge in [0.15, 0.2) is 5.58 Å². The van der Waals surface area contributed by atoms with E-state index in [0.29, 0.717) is 16.7 Å². The normalized spacial score (nSPS) is 12.6. The third kappa shape index (κ3) is 1.83. The summed E-state index contributed by atoms with van der Waals surface area (Å²) in [6, 6.07) is 4.03. The molecule has 6 heteroatoms. The predicted octanol–water partition coefficient (Wildman–Crippen LogP) is 0.304. The Morgan fingerprint density at radius 1 is 1.53 bits per heavy atom. The zero-order valence-electron chi connectivity index (χ0n) is 9.47. The Morgan fingerprint density at radius 3 is 2.88 bits per heavy atom. The van der Waals surface area contributed by atoms with Gasteiger partial charge in [-0.1, -0.05) is 6.07 Å². The number of aryl methyl sites for hydroxylation is 1. The summed E-state index contributed by atoms with van der Waals surface area (Å²) in [7, 11) is 2.87. The van der Waals surface area contributed by atoms with Crippen molar-refractivity contribution < 1.29 is 13.9 Å². The zero-order valence-corrected chi connectivity index (χ0v) is 9.47. The molecule has 0 saturated heterocycles. The SMILES string of the molecule is COC(=O)C(N)c1ccc2c(c1)oc(=O)n2C. The molecule has 2 aromatic rings. The molecule has 0 spiro atoms. The minimum atomic E-state index is -0.880. The number of hydrogen-bond acceptors (Lipinski definition) is 5. The van der Waals surface area contributed by atoms with Crippen LogP contribution in [0.25, 0.3) is 11.1 Å². The van der Waals surface area contributed by atoms with Gasteiger partial charge >= 0.3 is 11.7 Å². The number of aromatic nitrogens is 1. The maximum Gasteiger partial charge on any atom is 0.419 e.